The number of anilines is 1. The third kappa shape index (κ3) is 5.92. The zero-order chi connectivity index (χ0) is 22.8. The SMILES string of the molecule is CC(C)(C)OC(=O)NC1CSc2ccc(C(=O)O)cc2N(Cc2ccc(Cl)cc2)C1=O. The zero-order valence-corrected chi connectivity index (χ0v) is 18.9. The molecular weight excluding hydrogens is 440 g/mol. The fraction of sp³-hybridized carbons (Fsp3) is 0.318. The normalized spacial score (nSPS) is 16.3. The molecule has 164 valence electrons. The summed E-state index contributed by atoms with van der Waals surface area (Å²) in [6.07, 6.45) is -0.685. The van der Waals surface area contributed by atoms with Crippen molar-refractivity contribution in [1.82, 2.24) is 5.32 Å². The predicted molar refractivity (Wildman–Crippen MR) is 120 cm³/mol. The molecular formula is C22H23ClN2O5S. The van der Waals surface area contributed by atoms with Crippen LogP contribution in [-0.2, 0) is 16.1 Å². The van der Waals surface area contributed by atoms with Crippen LogP contribution in [0.3, 0.4) is 0 Å². The molecule has 2 aromatic rings. The van der Waals surface area contributed by atoms with Crippen LogP contribution in [0.15, 0.2) is 47.4 Å². The van der Waals surface area contributed by atoms with Gasteiger partial charge in [0.25, 0.3) is 5.91 Å². The molecule has 1 atom stereocenters. The minimum atomic E-state index is -1.08. The number of rotatable bonds is 4. The van der Waals surface area contributed by atoms with E-state index in [0.29, 0.717) is 10.7 Å². The first kappa shape index (κ1) is 23.0. The average Bonchev–Trinajstić information content (AvgIpc) is 2.80. The fourth-order valence-corrected chi connectivity index (χ4v) is 4.20. The van der Waals surface area contributed by atoms with Crippen molar-refractivity contribution >= 4 is 47.0 Å². The molecule has 0 spiro atoms. The number of carboxylic acids is 1. The third-order valence-electron chi connectivity index (χ3n) is 4.41. The Morgan fingerprint density at radius 1 is 1.23 bits per heavy atom. The monoisotopic (exact) mass is 462 g/mol. The lowest BCUT2D eigenvalue weighted by atomic mass is 10.1. The van der Waals surface area contributed by atoms with Crippen molar-refractivity contribution in [1.29, 1.82) is 0 Å². The molecule has 0 aliphatic carbocycles. The largest absolute Gasteiger partial charge is 0.478 e. The third-order valence-corrected chi connectivity index (χ3v) is 5.82. The highest BCUT2D eigenvalue weighted by Gasteiger charge is 2.33. The van der Waals surface area contributed by atoms with Crippen LogP contribution in [0.5, 0.6) is 0 Å². The second kappa shape index (κ2) is 9.20. The van der Waals surface area contributed by atoms with Crippen LogP contribution < -0.4 is 10.2 Å². The Morgan fingerprint density at radius 3 is 2.52 bits per heavy atom. The minimum Gasteiger partial charge on any atom is -0.478 e. The number of alkyl carbamates (subject to hydrolysis) is 1. The van der Waals surface area contributed by atoms with E-state index >= 15 is 0 Å². The summed E-state index contributed by atoms with van der Waals surface area (Å²) in [5.74, 6) is -1.15. The van der Waals surface area contributed by atoms with E-state index in [1.165, 1.54) is 28.8 Å². The number of benzene rings is 2. The molecule has 0 saturated carbocycles. The molecule has 7 nitrogen and oxygen atoms in total. The van der Waals surface area contributed by atoms with Gasteiger partial charge in [0.2, 0.25) is 0 Å². The molecule has 0 fully saturated rings. The van der Waals surface area contributed by atoms with Crippen LogP contribution in [0, 0.1) is 0 Å². The van der Waals surface area contributed by atoms with E-state index in [1.54, 1.807) is 51.1 Å². The van der Waals surface area contributed by atoms with E-state index in [4.69, 9.17) is 16.3 Å². The van der Waals surface area contributed by atoms with Gasteiger partial charge in [0, 0.05) is 15.7 Å². The van der Waals surface area contributed by atoms with E-state index in [2.05, 4.69) is 5.32 Å². The topological polar surface area (TPSA) is 95.9 Å². The first-order chi connectivity index (χ1) is 14.5. The number of carboxylic acid groups (broad SMARTS) is 1. The highest BCUT2D eigenvalue weighted by atomic mass is 35.5. The number of fused-ring (bicyclic) bond motifs is 1. The Labute approximate surface area is 189 Å². The lowest BCUT2D eigenvalue weighted by Gasteiger charge is -2.27. The van der Waals surface area contributed by atoms with E-state index in [9.17, 15) is 19.5 Å². The van der Waals surface area contributed by atoms with Gasteiger partial charge in [0.05, 0.1) is 17.8 Å². The van der Waals surface area contributed by atoms with Crippen LogP contribution in [0.25, 0.3) is 0 Å². The van der Waals surface area contributed by atoms with Gasteiger partial charge in [-0.2, -0.15) is 0 Å². The van der Waals surface area contributed by atoms with Gasteiger partial charge in [-0.25, -0.2) is 9.59 Å². The van der Waals surface area contributed by atoms with Crippen molar-refractivity contribution in [2.45, 2.75) is 43.9 Å². The second-order valence-corrected chi connectivity index (χ2v) is 9.55. The number of nitrogens with one attached hydrogen (secondary N) is 1. The summed E-state index contributed by atoms with van der Waals surface area (Å²) < 4.78 is 5.30. The molecule has 2 amide bonds. The maximum Gasteiger partial charge on any atom is 0.408 e. The van der Waals surface area contributed by atoms with Gasteiger partial charge in [0.1, 0.15) is 11.6 Å². The summed E-state index contributed by atoms with van der Waals surface area (Å²) in [5, 5.41) is 12.6. The van der Waals surface area contributed by atoms with Crippen molar-refractivity contribution in [3.8, 4) is 0 Å². The van der Waals surface area contributed by atoms with Crippen molar-refractivity contribution in [2.24, 2.45) is 0 Å². The van der Waals surface area contributed by atoms with Gasteiger partial charge in [-0.1, -0.05) is 23.7 Å². The zero-order valence-electron chi connectivity index (χ0n) is 17.3. The van der Waals surface area contributed by atoms with Crippen molar-refractivity contribution in [3.63, 3.8) is 0 Å². The van der Waals surface area contributed by atoms with Crippen LogP contribution in [0.4, 0.5) is 10.5 Å². The quantitative estimate of drug-likeness (QED) is 0.690. The lowest BCUT2D eigenvalue weighted by molar-refractivity contribution is -0.120. The first-order valence-corrected chi connectivity index (χ1v) is 11.0. The molecule has 1 unspecified atom stereocenters. The van der Waals surface area contributed by atoms with Gasteiger partial charge in [-0.05, 0) is 56.7 Å². The molecule has 0 bridgehead atoms. The highest BCUT2D eigenvalue weighted by Crippen LogP contribution is 2.36. The molecule has 0 radical (unpaired) electrons. The number of carbonyl (C=O) groups excluding carboxylic acids is 2. The second-order valence-electron chi connectivity index (χ2n) is 8.05. The maximum absolute atomic E-state index is 13.4. The number of carbonyl (C=O) groups is 3. The first-order valence-electron chi connectivity index (χ1n) is 9.59. The van der Waals surface area contributed by atoms with Crippen LogP contribution in [-0.4, -0.2) is 40.5 Å². The molecule has 9 heteroatoms. The Bertz CT molecular complexity index is 1000. The summed E-state index contributed by atoms with van der Waals surface area (Å²) in [4.78, 5) is 39.5. The lowest BCUT2D eigenvalue weighted by Crippen LogP contribution is -2.50. The van der Waals surface area contributed by atoms with E-state index in [-0.39, 0.29) is 23.8 Å². The highest BCUT2D eigenvalue weighted by molar-refractivity contribution is 7.99. The fourth-order valence-electron chi connectivity index (χ4n) is 3.02. The smallest absolute Gasteiger partial charge is 0.408 e. The van der Waals surface area contributed by atoms with E-state index in [0.717, 1.165) is 10.5 Å². The number of nitrogens with zero attached hydrogens (tertiary/aromatic N) is 1. The van der Waals surface area contributed by atoms with Crippen molar-refractivity contribution < 1.29 is 24.2 Å². The number of aromatic carboxylic acids is 1. The minimum absolute atomic E-state index is 0.0757. The average molecular weight is 463 g/mol. The van der Waals surface area contributed by atoms with Crippen LogP contribution >= 0.6 is 23.4 Å². The van der Waals surface area contributed by atoms with Gasteiger partial charge in [-0.15, -0.1) is 11.8 Å². The molecule has 0 aromatic heterocycles. The molecule has 31 heavy (non-hydrogen) atoms. The number of hydrogen-bond donors (Lipinski definition) is 2. The predicted octanol–water partition coefficient (Wildman–Crippen LogP) is 4.57. The Hall–Kier alpha value is -2.71. The van der Waals surface area contributed by atoms with Crippen molar-refractivity contribution in [2.75, 3.05) is 10.7 Å². The molecule has 1 aliphatic rings. The Kier molecular flexibility index (Phi) is 6.81. The Balaban J connectivity index is 1.95. The summed E-state index contributed by atoms with van der Waals surface area (Å²) in [6.45, 7) is 5.42. The van der Waals surface area contributed by atoms with Gasteiger partial charge < -0.3 is 20.1 Å². The maximum atomic E-state index is 13.4. The molecule has 3 rings (SSSR count). The number of ether oxygens (including phenoxy) is 1. The van der Waals surface area contributed by atoms with Gasteiger partial charge in [0.15, 0.2) is 0 Å². The summed E-state index contributed by atoms with van der Waals surface area (Å²) in [6, 6.07) is 10.9. The molecule has 0 saturated heterocycles. The van der Waals surface area contributed by atoms with Crippen molar-refractivity contribution in [3.05, 3.63) is 58.6 Å². The molecule has 1 aliphatic heterocycles. The standard InChI is InChI=1S/C22H23ClN2O5S/c1-22(2,3)30-21(29)24-16-12-31-18-9-6-14(20(27)28)10-17(18)25(19(16)26)11-13-4-7-15(23)8-5-13/h4-10,16H,11-12H2,1-3H3,(H,24,29)(H,27,28). The number of amides is 2. The summed E-state index contributed by atoms with van der Waals surface area (Å²) in [5.41, 5.74) is 0.672. The van der Waals surface area contributed by atoms with E-state index in [1.807, 2.05) is 0 Å². The Morgan fingerprint density at radius 2 is 1.90 bits per heavy atom. The van der Waals surface area contributed by atoms with Crippen LogP contribution in [0.2, 0.25) is 5.02 Å². The summed E-state index contributed by atoms with van der Waals surface area (Å²) >= 11 is 7.34. The summed E-state index contributed by atoms with van der Waals surface area (Å²) in [7, 11) is 0. The number of halogens is 1. The molecule has 1 heterocycles. The number of hydrogen-bond acceptors (Lipinski definition) is 5. The number of thioether (sulfide) groups is 1. The molecule has 2 N–H and O–H groups in total. The van der Waals surface area contributed by atoms with E-state index < -0.39 is 23.7 Å². The van der Waals surface area contributed by atoms with Crippen LogP contribution in [0.1, 0.15) is 36.7 Å². The van der Waals surface area contributed by atoms with Gasteiger partial charge >= 0.3 is 12.1 Å². The molecule has 2 aromatic carbocycles. The van der Waals surface area contributed by atoms with Gasteiger partial charge in [-0.3, -0.25) is 4.79 Å².